The summed E-state index contributed by atoms with van der Waals surface area (Å²) in [5.41, 5.74) is 11.5. The molecule has 2 heteroatoms. The zero-order valence-corrected chi connectivity index (χ0v) is 19.8. The van der Waals surface area contributed by atoms with Crippen LogP contribution in [0.5, 0.6) is 11.5 Å². The molecule has 0 spiro atoms. The highest BCUT2D eigenvalue weighted by Gasteiger charge is 2.13. The van der Waals surface area contributed by atoms with Crippen LogP contribution in [0.4, 0.5) is 0 Å². The second-order valence-electron chi connectivity index (χ2n) is 8.47. The molecule has 2 nitrogen and oxygen atoms in total. The molecular formula is C32H40O2. The summed E-state index contributed by atoms with van der Waals surface area (Å²) in [6.45, 7) is 12.6. The molecule has 2 N–H and O–H groups in total. The van der Waals surface area contributed by atoms with Crippen molar-refractivity contribution in [1.29, 1.82) is 0 Å². The van der Waals surface area contributed by atoms with Crippen molar-refractivity contribution in [2.45, 2.75) is 56.4 Å². The van der Waals surface area contributed by atoms with Gasteiger partial charge in [-0.1, -0.05) is 75.5 Å². The summed E-state index contributed by atoms with van der Waals surface area (Å²) in [6.07, 6.45) is 0. The number of rotatable bonds is 2. The molecule has 34 heavy (non-hydrogen) atoms. The topological polar surface area (TPSA) is 40.5 Å². The molecule has 0 aliphatic carbocycles. The van der Waals surface area contributed by atoms with Gasteiger partial charge in [-0.25, -0.2) is 0 Å². The Morgan fingerprint density at radius 3 is 0.794 bits per heavy atom. The van der Waals surface area contributed by atoms with Gasteiger partial charge in [-0.15, -0.1) is 0 Å². The average molecular weight is 457 g/mol. The first kappa shape index (κ1) is 28.5. The second-order valence-corrected chi connectivity index (χ2v) is 8.47. The Bertz CT molecular complexity index is 973. The number of aryl methyl sites for hydroxylation is 6. The van der Waals surface area contributed by atoms with Crippen LogP contribution in [-0.4, -0.2) is 10.2 Å². The fourth-order valence-corrected chi connectivity index (χ4v) is 4.37. The molecule has 180 valence electrons. The van der Waals surface area contributed by atoms with Crippen LogP contribution in [0.2, 0.25) is 0 Å². The minimum Gasteiger partial charge on any atom is -0.507 e. The van der Waals surface area contributed by atoms with Gasteiger partial charge in [-0.3, -0.25) is 0 Å². The van der Waals surface area contributed by atoms with E-state index < -0.39 is 0 Å². The van der Waals surface area contributed by atoms with E-state index in [-0.39, 0.29) is 26.4 Å². The van der Waals surface area contributed by atoms with Gasteiger partial charge in [0.1, 0.15) is 11.5 Å². The summed E-state index contributed by atoms with van der Waals surface area (Å²) >= 11 is 0. The van der Waals surface area contributed by atoms with Crippen molar-refractivity contribution < 1.29 is 10.2 Å². The number of phenolic OH excluding ortho intramolecular Hbond substituents is 2. The van der Waals surface area contributed by atoms with Crippen LogP contribution in [0.3, 0.4) is 0 Å². The van der Waals surface area contributed by atoms with Gasteiger partial charge in [0.2, 0.25) is 0 Å². The van der Waals surface area contributed by atoms with Gasteiger partial charge in [-0.05, 0) is 98.2 Å². The lowest BCUT2D eigenvalue weighted by atomic mass is 9.90. The summed E-state index contributed by atoms with van der Waals surface area (Å²) in [4.78, 5) is 0. The smallest absolute Gasteiger partial charge is 0.123 e. The SMILES string of the molecule is C.C.Cc1cccc(C)c1-c1c(C)cccc1C.Cc1cccc(O)c1-c1c(C)cccc1O. The zero-order chi connectivity index (χ0) is 23.4. The van der Waals surface area contributed by atoms with Crippen molar-refractivity contribution in [2.75, 3.05) is 0 Å². The molecule has 4 aromatic rings. The standard InChI is InChI=1S/C16H18.C14H14O2.2CH4/c1-11-7-5-8-12(2)15(11)16-13(3)9-6-10-14(16)4;1-9-5-3-7-11(15)13(9)14-10(2)6-4-8-12(14)16;;/h5-10H,1-4H3;3-8,15-16H,1-2H3;2*1H4. The molecule has 0 radical (unpaired) electrons. The number of hydrogen-bond donors (Lipinski definition) is 2. The molecule has 0 aromatic heterocycles. The summed E-state index contributed by atoms with van der Waals surface area (Å²) in [6, 6.07) is 23.7. The minimum atomic E-state index is 0. The van der Waals surface area contributed by atoms with E-state index in [1.807, 2.05) is 26.0 Å². The second kappa shape index (κ2) is 12.1. The molecule has 0 amide bonds. The van der Waals surface area contributed by atoms with E-state index in [4.69, 9.17) is 0 Å². The zero-order valence-electron chi connectivity index (χ0n) is 19.8. The summed E-state index contributed by atoms with van der Waals surface area (Å²) in [5, 5.41) is 19.8. The van der Waals surface area contributed by atoms with Gasteiger partial charge in [0.05, 0.1) is 0 Å². The highest BCUT2D eigenvalue weighted by molar-refractivity contribution is 5.80. The fourth-order valence-electron chi connectivity index (χ4n) is 4.37. The molecule has 0 fully saturated rings. The molecule has 0 unspecified atom stereocenters. The van der Waals surface area contributed by atoms with Crippen LogP contribution in [0.15, 0.2) is 72.8 Å². The van der Waals surface area contributed by atoms with E-state index in [1.54, 1.807) is 24.3 Å². The molecular weight excluding hydrogens is 416 g/mol. The van der Waals surface area contributed by atoms with Crippen LogP contribution in [0.1, 0.15) is 48.2 Å². The number of hydrogen-bond acceptors (Lipinski definition) is 2. The van der Waals surface area contributed by atoms with Crippen molar-refractivity contribution in [1.82, 2.24) is 0 Å². The first-order valence-corrected chi connectivity index (χ1v) is 10.9. The number of phenols is 2. The van der Waals surface area contributed by atoms with Gasteiger partial charge >= 0.3 is 0 Å². The minimum absolute atomic E-state index is 0. The van der Waals surface area contributed by atoms with E-state index in [1.165, 1.54) is 33.4 Å². The van der Waals surface area contributed by atoms with Gasteiger partial charge in [0.15, 0.2) is 0 Å². The van der Waals surface area contributed by atoms with Gasteiger partial charge in [0, 0.05) is 11.1 Å². The predicted molar refractivity (Wildman–Crippen MR) is 149 cm³/mol. The third-order valence-corrected chi connectivity index (χ3v) is 5.96. The van der Waals surface area contributed by atoms with E-state index in [9.17, 15) is 10.2 Å². The third kappa shape index (κ3) is 5.88. The molecule has 0 saturated heterocycles. The monoisotopic (exact) mass is 456 g/mol. The molecule has 4 rings (SSSR count). The van der Waals surface area contributed by atoms with Crippen molar-refractivity contribution in [2.24, 2.45) is 0 Å². The summed E-state index contributed by atoms with van der Waals surface area (Å²) < 4.78 is 0. The first-order valence-electron chi connectivity index (χ1n) is 10.9. The van der Waals surface area contributed by atoms with E-state index in [0.717, 1.165) is 11.1 Å². The van der Waals surface area contributed by atoms with Gasteiger partial charge in [0.25, 0.3) is 0 Å². The Kier molecular flexibility index (Phi) is 10.1. The quantitative estimate of drug-likeness (QED) is 0.315. The highest BCUT2D eigenvalue weighted by atomic mass is 16.3. The lowest BCUT2D eigenvalue weighted by molar-refractivity contribution is 0.468. The maximum atomic E-state index is 9.88. The lowest BCUT2D eigenvalue weighted by Gasteiger charge is -2.15. The number of aromatic hydroxyl groups is 2. The Morgan fingerprint density at radius 2 is 0.559 bits per heavy atom. The molecule has 0 bridgehead atoms. The van der Waals surface area contributed by atoms with Crippen LogP contribution >= 0.6 is 0 Å². The maximum Gasteiger partial charge on any atom is 0.123 e. The average Bonchev–Trinajstić information content (AvgIpc) is 2.72. The Labute approximate surface area is 206 Å². The van der Waals surface area contributed by atoms with E-state index in [0.29, 0.717) is 11.1 Å². The highest BCUT2D eigenvalue weighted by Crippen LogP contribution is 2.39. The van der Waals surface area contributed by atoms with Crippen molar-refractivity contribution >= 4 is 0 Å². The van der Waals surface area contributed by atoms with E-state index >= 15 is 0 Å². The molecule has 0 aliphatic rings. The predicted octanol–water partition coefficient (Wildman–Crippen LogP) is 9.24. The fraction of sp³-hybridized carbons (Fsp3) is 0.250. The Morgan fingerprint density at radius 1 is 0.353 bits per heavy atom. The van der Waals surface area contributed by atoms with E-state index in [2.05, 4.69) is 64.1 Å². The van der Waals surface area contributed by atoms with Gasteiger partial charge in [-0.2, -0.15) is 0 Å². The van der Waals surface area contributed by atoms with Crippen molar-refractivity contribution in [3.8, 4) is 33.8 Å². The number of benzene rings is 4. The van der Waals surface area contributed by atoms with Gasteiger partial charge < -0.3 is 10.2 Å². The third-order valence-electron chi connectivity index (χ3n) is 5.96. The van der Waals surface area contributed by atoms with Crippen LogP contribution < -0.4 is 0 Å². The molecule has 0 saturated carbocycles. The Hall–Kier alpha value is -3.52. The van der Waals surface area contributed by atoms with Crippen LogP contribution in [0, 0.1) is 41.5 Å². The van der Waals surface area contributed by atoms with Crippen molar-refractivity contribution in [3.05, 3.63) is 106 Å². The first-order chi connectivity index (χ1) is 15.2. The summed E-state index contributed by atoms with van der Waals surface area (Å²) in [7, 11) is 0. The largest absolute Gasteiger partial charge is 0.507 e. The lowest BCUT2D eigenvalue weighted by Crippen LogP contribution is -1.93. The van der Waals surface area contributed by atoms with Crippen LogP contribution in [-0.2, 0) is 0 Å². The Balaban J connectivity index is 0.000000321. The summed E-state index contributed by atoms with van der Waals surface area (Å²) in [5.74, 6) is 0.397. The normalized spacial score (nSPS) is 9.82. The van der Waals surface area contributed by atoms with Crippen molar-refractivity contribution in [3.63, 3.8) is 0 Å². The molecule has 0 heterocycles. The molecule has 0 aliphatic heterocycles. The molecule has 4 aromatic carbocycles. The molecule has 0 atom stereocenters. The maximum absolute atomic E-state index is 9.88. The van der Waals surface area contributed by atoms with Crippen LogP contribution in [0.25, 0.3) is 22.3 Å².